The first-order chi connectivity index (χ1) is 12.9. The van der Waals surface area contributed by atoms with Crippen LogP contribution in [0.25, 0.3) is 10.1 Å². The van der Waals surface area contributed by atoms with Crippen LogP contribution in [0, 0.1) is 0 Å². The molecule has 1 saturated heterocycles. The summed E-state index contributed by atoms with van der Waals surface area (Å²) in [5, 5.41) is 7.98. The van der Waals surface area contributed by atoms with Gasteiger partial charge in [0.1, 0.15) is 0 Å². The van der Waals surface area contributed by atoms with Crippen molar-refractivity contribution in [1.29, 1.82) is 0 Å². The number of amides is 1. The molecule has 0 saturated carbocycles. The third-order valence-electron chi connectivity index (χ3n) is 4.47. The van der Waals surface area contributed by atoms with Gasteiger partial charge in [-0.3, -0.25) is 4.79 Å². The van der Waals surface area contributed by atoms with Crippen LogP contribution in [0.5, 0.6) is 0 Å². The van der Waals surface area contributed by atoms with Gasteiger partial charge in [-0.2, -0.15) is 13.2 Å². The molecule has 9 heteroatoms. The van der Waals surface area contributed by atoms with Gasteiger partial charge in [-0.25, -0.2) is 0 Å². The number of anilines is 1. The zero-order valence-corrected chi connectivity index (χ0v) is 14.9. The number of rotatable bonds is 2. The van der Waals surface area contributed by atoms with Crippen molar-refractivity contribution >= 4 is 33.1 Å². The van der Waals surface area contributed by atoms with Gasteiger partial charge in [0.05, 0.1) is 4.88 Å². The van der Waals surface area contributed by atoms with Crippen molar-refractivity contribution < 1.29 is 18.0 Å². The minimum absolute atomic E-state index is 0.0191. The normalized spacial score (nSPS) is 15.4. The van der Waals surface area contributed by atoms with Gasteiger partial charge in [0, 0.05) is 30.9 Å². The van der Waals surface area contributed by atoms with Crippen molar-refractivity contribution in [2.75, 3.05) is 31.1 Å². The fraction of sp³-hybridized carbons (Fsp3) is 0.278. The Morgan fingerprint density at radius 1 is 1.00 bits per heavy atom. The van der Waals surface area contributed by atoms with Crippen LogP contribution < -0.4 is 4.90 Å². The highest BCUT2D eigenvalue weighted by atomic mass is 32.1. The van der Waals surface area contributed by atoms with Gasteiger partial charge in [0.15, 0.2) is 11.5 Å². The Hall–Kier alpha value is -2.68. The van der Waals surface area contributed by atoms with Crippen LogP contribution in [-0.4, -0.2) is 47.2 Å². The highest BCUT2D eigenvalue weighted by Gasteiger charge is 2.33. The molecule has 0 bridgehead atoms. The highest BCUT2D eigenvalue weighted by molar-refractivity contribution is 7.20. The molecule has 0 atom stereocenters. The molecular weight excluding hydrogens is 377 g/mol. The van der Waals surface area contributed by atoms with Crippen LogP contribution in [0.1, 0.15) is 15.4 Å². The van der Waals surface area contributed by atoms with Gasteiger partial charge < -0.3 is 9.80 Å². The molecule has 5 nitrogen and oxygen atoms in total. The molecule has 0 aliphatic carbocycles. The largest absolute Gasteiger partial charge is 0.435 e. The first kappa shape index (κ1) is 17.7. The van der Waals surface area contributed by atoms with Gasteiger partial charge in [0.25, 0.3) is 5.91 Å². The fourth-order valence-electron chi connectivity index (χ4n) is 3.03. The van der Waals surface area contributed by atoms with Gasteiger partial charge in [0.2, 0.25) is 0 Å². The van der Waals surface area contributed by atoms with E-state index in [-0.39, 0.29) is 5.91 Å². The predicted molar refractivity (Wildman–Crippen MR) is 97.0 cm³/mol. The molecule has 1 amide bonds. The smallest absolute Gasteiger partial charge is 0.352 e. The molecule has 1 aliphatic rings. The van der Waals surface area contributed by atoms with Crippen LogP contribution in [-0.2, 0) is 6.18 Å². The van der Waals surface area contributed by atoms with E-state index in [1.165, 1.54) is 17.4 Å². The molecule has 3 heterocycles. The highest BCUT2D eigenvalue weighted by Crippen LogP contribution is 2.28. The van der Waals surface area contributed by atoms with Gasteiger partial charge in [-0.1, -0.05) is 18.2 Å². The van der Waals surface area contributed by atoms with E-state index in [0.29, 0.717) is 36.9 Å². The van der Waals surface area contributed by atoms with E-state index in [2.05, 4.69) is 10.2 Å². The Morgan fingerprint density at radius 3 is 2.37 bits per heavy atom. The molecule has 4 rings (SSSR count). The van der Waals surface area contributed by atoms with Gasteiger partial charge >= 0.3 is 6.18 Å². The molecule has 1 fully saturated rings. The van der Waals surface area contributed by atoms with Crippen molar-refractivity contribution in [3.8, 4) is 0 Å². The number of hydrogen-bond donors (Lipinski definition) is 0. The van der Waals surface area contributed by atoms with E-state index >= 15 is 0 Å². The average Bonchev–Trinajstić information content (AvgIpc) is 3.11. The summed E-state index contributed by atoms with van der Waals surface area (Å²) >= 11 is 1.47. The van der Waals surface area contributed by atoms with E-state index in [1.54, 1.807) is 4.90 Å². The lowest BCUT2D eigenvalue weighted by Crippen LogP contribution is -2.49. The Morgan fingerprint density at radius 2 is 1.74 bits per heavy atom. The average molecular weight is 392 g/mol. The third kappa shape index (κ3) is 3.59. The molecule has 1 aromatic carbocycles. The SMILES string of the molecule is O=C(c1cc2ccccc2s1)N1CCN(c2ccc(C(F)(F)F)nn2)CC1. The van der Waals surface area contributed by atoms with Crippen LogP contribution in [0.3, 0.4) is 0 Å². The van der Waals surface area contributed by atoms with Gasteiger partial charge in [-0.15, -0.1) is 21.5 Å². The number of aromatic nitrogens is 2. The minimum Gasteiger partial charge on any atom is -0.352 e. The summed E-state index contributed by atoms with van der Waals surface area (Å²) in [6, 6.07) is 12.0. The minimum atomic E-state index is -4.50. The lowest BCUT2D eigenvalue weighted by atomic mass is 10.2. The van der Waals surface area contributed by atoms with Crippen molar-refractivity contribution in [3.05, 3.63) is 53.0 Å². The van der Waals surface area contributed by atoms with Gasteiger partial charge in [-0.05, 0) is 29.7 Å². The molecule has 27 heavy (non-hydrogen) atoms. The molecule has 0 radical (unpaired) electrons. The van der Waals surface area contributed by atoms with Crippen LogP contribution in [0.2, 0.25) is 0 Å². The number of thiophene rings is 1. The van der Waals surface area contributed by atoms with Crippen molar-refractivity contribution in [1.82, 2.24) is 15.1 Å². The number of carbonyl (C=O) groups is 1. The number of halogens is 3. The lowest BCUT2D eigenvalue weighted by molar-refractivity contribution is -0.141. The molecule has 1 aliphatic heterocycles. The Kier molecular flexibility index (Phi) is 4.47. The van der Waals surface area contributed by atoms with Crippen molar-refractivity contribution in [2.24, 2.45) is 0 Å². The van der Waals surface area contributed by atoms with Crippen molar-refractivity contribution in [2.45, 2.75) is 6.18 Å². The summed E-state index contributed by atoms with van der Waals surface area (Å²) < 4.78 is 38.8. The van der Waals surface area contributed by atoms with E-state index < -0.39 is 11.9 Å². The Labute approximate surface area is 157 Å². The molecular formula is C18H15F3N4OS. The summed E-state index contributed by atoms with van der Waals surface area (Å²) in [5.74, 6) is 0.367. The van der Waals surface area contributed by atoms with Crippen molar-refractivity contribution in [3.63, 3.8) is 0 Å². The summed E-state index contributed by atoms with van der Waals surface area (Å²) in [7, 11) is 0. The number of nitrogens with zero attached hydrogens (tertiary/aromatic N) is 4. The lowest BCUT2D eigenvalue weighted by Gasteiger charge is -2.35. The van der Waals surface area contributed by atoms with Crippen LogP contribution in [0.4, 0.5) is 19.0 Å². The molecule has 140 valence electrons. The maximum Gasteiger partial charge on any atom is 0.435 e. The third-order valence-corrected chi connectivity index (χ3v) is 5.57. The number of piperazine rings is 1. The monoisotopic (exact) mass is 392 g/mol. The second-order valence-electron chi connectivity index (χ2n) is 6.20. The first-order valence-electron chi connectivity index (χ1n) is 8.35. The summed E-state index contributed by atoms with van der Waals surface area (Å²) in [6.07, 6.45) is -4.50. The topological polar surface area (TPSA) is 49.3 Å². The second kappa shape index (κ2) is 6.80. The number of hydrogen-bond acceptors (Lipinski definition) is 5. The maximum atomic E-state index is 12.7. The molecule has 0 unspecified atom stereocenters. The number of fused-ring (bicyclic) bond motifs is 1. The molecule has 3 aromatic rings. The Bertz CT molecular complexity index is 930. The summed E-state index contributed by atoms with van der Waals surface area (Å²) in [5.41, 5.74) is -1.01. The summed E-state index contributed by atoms with van der Waals surface area (Å²) in [6.45, 7) is 1.96. The zero-order chi connectivity index (χ0) is 19.0. The van der Waals surface area contributed by atoms with E-state index in [4.69, 9.17) is 0 Å². The molecule has 0 spiro atoms. The summed E-state index contributed by atoms with van der Waals surface area (Å²) in [4.78, 5) is 17.0. The number of benzene rings is 1. The molecule has 0 N–H and O–H groups in total. The zero-order valence-electron chi connectivity index (χ0n) is 14.1. The predicted octanol–water partition coefficient (Wildman–Crippen LogP) is 3.67. The van der Waals surface area contributed by atoms with E-state index in [9.17, 15) is 18.0 Å². The maximum absolute atomic E-state index is 12.7. The van der Waals surface area contributed by atoms with E-state index in [1.807, 2.05) is 35.2 Å². The quantitative estimate of drug-likeness (QED) is 0.668. The molecule has 2 aromatic heterocycles. The fourth-order valence-corrected chi connectivity index (χ4v) is 4.06. The standard InChI is InChI=1S/C18H15F3N4OS/c19-18(20,21)15-5-6-16(23-22-15)24-7-9-25(10-8-24)17(26)14-11-12-3-1-2-4-13(12)27-14/h1-6,11H,7-10H2. The van der Waals surface area contributed by atoms with E-state index in [0.717, 1.165) is 16.2 Å². The second-order valence-corrected chi connectivity index (χ2v) is 7.29. The van der Waals surface area contributed by atoms with Crippen LogP contribution in [0.15, 0.2) is 42.5 Å². The van der Waals surface area contributed by atoms with Crippen LogP contribution >= 0.6 is 11.3 Å². The Balaban J connectivity index is 1.41. The first-order valence-corrected chi connectivity index (χ1v) is 9.17. The number of alkyl halides is 3. The number of carbonyl (C=O) groups excluding carboxylic acids is 1.